The molecule has 0 saturated carbocycles. The summed E-state index contributed by atoms with van der Waals surface area (Å²) < 4.78 is 10.9. The number of carbonyl (C=O) groups is 2. The lowest BCUT2D eigenvalue weighted by molar-refractivity contribution is -0.114. The number of ether oxygens (including phenoxy) is 1. The van der Waals surface area contributed by atoms with Gasteiger partial charge in [-0.2, -0.15) is 4.99 Å². The second kappa shape index (κ2) is 7.56. The summed E-state index contributed by atoms with van der Waals surface area (Å²) >= 11 is 1.36. The Morgan fingerprint density at radius 3 is 2.97 bits per heavy atom. The second-order valence-electron chi connectivity index (χ2n) is 6.32. The second-order valence-corrected chi connectivity index (χ2v) is 7.53. The van der Waals surface area contributed by atoms with E-state index >= 15 is 0 Å². The molecule has 2 aliphatic rings. The average Bonchev–Trinajstić information content (AvgIpc) is 3.32. The number of carbonyl (C=O) groups excluding carboxylic acids is 2. The van der Waals surface area contributed by atoms with Gasteiger partial charge in [-0.05, 0) is 44.2 Å². The standard InChI is InChI=1S/C21H17N3O4S/c1-3-27-20(26)14-6-4-5-13(9-14)17-8-7-15(28-17)10-16-18(22)24-11-12(2)29-21(24)23-19(16)25/h4-11,22H,3H2,1-2H3/b16-10-,22-18?. The maximum Gasteiger partial charge on any atom is 0.338 e. The maximum atomic E-state index is 12.4. The first-order valence-electron chi connectivity index (χ1n) is 8.93. The molecule has 0 spiro atoms. The minimum atomic E-state index is -0.473. The van der Waals surface area contributed by atoms with Crippen molar-refractivity contribution in [2.75, 3.05) is 6.61 Å². The van der Waals surface area contributed by atoms with Crippen molar-refractivity contribution in [3.63, 3.8) is 0 Å². The molecule has 0 bridgehead atoms. The molecule has 29 heavy (non-hydrogen) atoms. The number of esters is 1. The number of nitrogens with zero attached hydrogens (tertiary/aromatic N) is 2. The van der Waals surface area contributed by atoms with Crippen molar-refractivity contribution in [1.82, 2.24) is 4.90 Å². The van der Waals surface area contributed by atoms with Gasteiger partial charge in [-0.15, -0.1) is 0 Å². The molecular weight excluding hydrogens is 390 g/mol. The maximum absolute atomic E-state index is 12.4. The van der Waals surface area contributed by atoms with E-state index in [0.717, 1.165) is 4.91 Å². The monoisotopic (exact) mass is 407 g/mol. The lowest BCUT2D eigenvalue weighted by Gasteiger charge is -2.21. The fourth-order valence-electron chi connectivity index (χ4n) is 2.94. The van der Waals surface area contributed by atoms with Crippen molar-refractivity contribution in [3.8, 4) is 11.3 Å². The first-order chi connectivity index (χ1) is 14.0. The smallest absolute Gasteiger partial charge is 0.338 e. The van der Waals surface area contributed by atoms with Crippen LogP contribution in [0.15, 0.2) is 62.5 Å². The number of amides is 1. The van der Waals surface area contributed by atoms with Crippen LogP contribution >= 0.6 is 11.8 Å². The van der Waals surface area contributed by atoms with Crippen LogP contribution < -0.4 is 0 Å². The SMILES string of the molecule is CCOC(=O)c1cccc(-c2ccc(/C=C3/C(=N)N4C=C(C)SC4=NC3=O)o2)c1. The van der Waals surface area contributed by atoms with Crippen LogP contribution in [-0.4, -0.2) is 34.4 Å². The molecule has 7 nitrogen and oxygen atoms in total. The molecule has 0 atom stereocenters. The highest BCUT2D eigenvalue weighted by Gasteiger charge is 2.33. The molecule has 0 unspecified atom stereocenters. The number of rotatable bonds is 4. The minimum Gasteiger partial charge on any atom is -0.462 e. The summed E-state index contributed by atoms with van der Waals surface area (Å²) in [5.41, 5.74) is 1.29. The van der Waals surface area contributed by atoms with E-state index in [9.17, 15) is 9.59 Å². The average molecular weight is 407 g/mol. The molecule has 3 heterocycles. The number of furan rings is 1. The van der Waals surface area contributed by atoms with Crippen LogP contribution in [0.3, 0.4) is 0 Å². The molecule has 2 aromatic rings. The third-order valence-electron chi connectivity index (χ3n) is 4.26. The van der Waals surface area contributed by atoms with E-state index in [-0.39, 0.29) is 11.4 Å². The molecule has 0 radical (unpaired) electrons. The molecule has 8 heteroatoms. The predicted molar refractivity (Wildman–Crippen MR) is 111 cm³/mol. The third-order valence-corrected chi connectivity index (χ3v) is 5.16. The molecule has 2 aliphatic heterocycles. The Kier molecular flexibility index (Phi) is 4.94. The van der Waals surface area contributed by atoms with Crippen molar-refractivity contribution >= 4 is 40.7 Å². The van der Waals surface area contributed by atoms with Crippen molar-refractivity contribution in [2.45, 2.75) is 13.8 Å². The summed E-state index contributed by atoms with van der Waals surface area (Å²) in [6.45, 7) is 3.95. The summed E-state index contributed by atoms with van der Waals surface area (Å²) in [6, 6.07) is 10.4. The minimum absolute atomic E-state index is 0.0617. The Hall–Kier alpha value is -3.39. The lowest BCUT2D eigenvalue weighted by Crippen LogP contribution is -2.35. The Morgan fingerprint density at radius 1 is 1.34 bits per heavy atom. The molecule has 146 valence electrons. The topological polar surface area (TPSA) is 96.0 Å². The first-order valence-corrected chi connectivity index (χ1v) is 9.74. The van der Waals surface area contributed by atoms with Crippen LogP contribution in [-0.2, 0) is 9.53 Å². The first kappa shape index (κ1) is 18.9. The van der Waals surface area contributed by atoms with Gasteiger partial charge in [-0.25, -0.2) is 4.79 Å². The van der Waals surface area contributed by atoms with Gasteiger partial charge in [0.25, 0.3) is 5.91 Å². The van der Waals surface area contributed by atoms with E-state index in [4.69, 9.17) is 14.6 Å². The summed E-state index contributed by atoms with van der Waals surface area (Å²) in [5.74, 6) is 0.144. The number of aliphatic imine (C=N–C) groups is 1. The number of hydrogen-bond donors (Lipinski definition) is 1. The van der Waals surface area contributed by atoms with Gasteiger partial charge in [0.1, 0.15) is 17.4 Å². The predicted octanol–water partition coefficient (Wildman–Crippen LogP) is 4.29. The fraction of sp³-hybridized carbons (Fsp3) is 0.143. The Labute approximate surface area is 171 Å². The van der Waals surface area contributed by atoms with Gasteiger partial charge in [0.2, 0.25) is 0 Å². The molecule has 1 N–H and O–H groups in total. The highest BCUT2D eigenvalue weighted by atomic mass is 32.2. The van der Waals surface area contributed by atoms with Crippen molar-refractivity contribution in [3.05, 3.63) is 64.4 Å². The zero-order valence-electron chi connectivity index (χ0n) is 15.8. The Bertz CT molecular complexity index is 1130. The van der Waals surface area contributed by atoms with Gasteiger partial charge in [0.15, 0.2) is 5.17 Å². The van der Waals surface area contributed by atoms with Gasteiger partial charge >= 0.3 is 5.97 Å². The number of thioether (sulfide) groups is 1. The Balaban J connectivity index is 1.62. The van der Waals surface area contributed by atoms with Crippen LogP contribution in [0.4, 0.5) is 0 Å². The zero-order valence-corrected chi connectivity index (χ0v) is 16.6. The van der Waals surface area contributed by atoms with Crippen molar-refractivity contribution < 1.29 is 18.7 Å². The lowest BCUT2D eigenvalue weighted by atomic mass is 10.1. The zero-order chi connectivity index (χ0) is 20.5. The molecule has 0 fully saturated rings. The van der Waals surface area contributed by atoms with Gasteiger partial charge in [0, 0.05) is 16.7 Å². The van der Waals surface area contributed by atoms with E-state index in [1.165, 1.54) is 17.8 Å². The van der Waals surface area contributed by atoms with Crippen molar-refractivity contribution in [1.29, 1.82) is 5.41 Å². The van der Waals surface area contributed by atoms with Crippen LogP contribution in [0.25, 0.3) is 17.4 Å². The van der Waals surface area contributed by atoms with E-state index in [0.29, 0.717) is 34.4 Å². The normalized spacial score (nSPS) is 17.3. The van der Waals surface area contributed by atoms with E-state index in [2.05, 4.69) is 4.99 Å². The summed E-state index contributed by atoms with van der Waals surface area (Å²) in [4.78, 5) is 30.9. The third kappa shape index (κ3) is 3.66. The molecule has 1 aromatic carbocycles. The molecule has 1 aromatic heterocycles. The summed E-state index contributed by atoms with van der Waals surface area (Å²) in [6.07, 6.45) is 3.29. The molecular formula is C21H17N3O4S. The van der Waals surface area contributed by atoms with Gasteiger partial charge < -0.3 is 9.15 Å². The summed E-state index contributed by atoms with van der Waals surface area (Å²) in [7, 11) is 0. The molecule has 0 aliphatic carbocycles. The number of nitrogens with one attached hydrogen (secondary N) is 1. The Morgan fingerprint density at radius 2 is 2.17 bits per heavy atom. The largest absolute Gasteiger partial charge is 0.462 e. The molecule has 4 rings (SSSR count). The van der Waals surface area contributed by atoms with Crippen LogP contribution in [0.1, 0.15) is 30.0 Å². The van der Waals surface area contributed by atoms with Crippen molar-refractivity contribution in [2.24, 2.45) is 4.99 Å². The van der Waals surface area contributed by atoms with Crippen LogP contribution in [0.2, 0.25) is 0 Å². The highest BCUT2D eigenvalue weighted by Crippen LogP contribution is 2.33. The number of benzene rings is 1. The van der Waals surface area contributed by atoms with Crippen LogP contribution in [0.5, 0.6) is 0 Å². The van der Waals surface area contributed by atoms with Gasteiger partial charge in [-0.3, -0.25) is 15.1 Å². The number of allylic oxidation sites excluding steroid dienone is 1. The van der Waals surface area contributed by atoms with E-state index in [1.54, 1.807) is 48.4 Å². The molecule has 1 amide bonds. The summed E-state index contributed by atoms with van der Waals surface area (Å²) in [5, 5.41) is 8.83. The molecule has 0 saturated heterocycles. The van der Waals surface area contributed by atoms with E-state index < -0.39 is 11.9 Å². The highest BCUT2D eigenvalue weighted by molar-refractivity contribution is 8.17. The van der Waals surface area contributed by atoms with E-state index in [1.807, 2.05) is 13.0 Å². The quantitative estimate of drug-likeness (QED) is 0.600. The fourth-order valence-corrected chi connectivity index (χ4v) is 3.76. The number of amidine groups is 2. The van der Waals surface area contributed by atoms with Crippen LogP contribution in [0, 0.1) is 5.41 Å². The van der Waals surface area contributed by atoms with Gasteiger partial charge in [0.05, 0.1) is 17.7 Å². The number of fused-ring (bicyclic) bond motifs is 1. The number of hydrogen-bond acceptors (Lipinski definition) is 6. The van der Waals surface area contributed by atoms with Gasteiger partial charge in [-0.1, -0.05) is 23.9 Å².